The van der Waals surface area contributed by atoms with E-state index >= 15 is 0 Å². The SMILES string of the molecule is c1ccc(-c2nc(-c3ccc4sc5cc(-c6nc(-c7ccccc7)c7sc8ccccc8c7n6)ccc5c4c3)nc(-c3cccc4c3oc3ccccc34)n2)cc1. The molecule has 0 bridgehead atoms. The molecular weight excluding hydrogens is 739 g/mol. The van der Waals surface area contributed by atoms with Crippen molar-refractivity contribution in [3.05, 3.63) is 164 Å². The summed E-state index contributed by atoms with van der Waals surface area (Å²) in [6.45, 7) is 0. The van der Waals surface area contributed by atoms with Crippen LogP contribution >= 0.6 is 22.7 Å². The highest BCUT2D eigenvalue weighted by Gasteiger charge is 2.20. The summed E-state index contributed by atoms with van der Waals surface area (Å²) in [4.78, 5) is 25.6. The van der Waals surface area contributed by atoms with Gasteiger partial charge in [-0.1, -0.05) is 121 Å². The van der Waals surface area contributed by atoms with Crippen LogP contribution in [0.1, 0.15) is 0 Å². The average Bonchev–Trinajstić information content (AvgIpc) is 3.97. The lowest BCUT2D eigenvalue weighted by Crippen LogP contribution is -2.00. The summed E-state index contributed by atoms with van der Waals surface area (Å²) < 4.78 is 11.1. The maximum Gasteiger partial charge on any atom is 0.167 e. The number of rotatable bonds is 5. The monoisotopic (exact) mass is 765 g/mol. The van der Waals surface area contributed by atoms with Gasteiger partial charge in [0.15, 0.2) is 23.3 Å². The van der Waals surface area contributed by atoms with Crippen LogP contribution in [0.2, 0.25) is 0 Å². The van der Waals surface area contributed by atoms with Crippen LogP contribution in [0.3, 0.4) is 0 Å². The van der Waals surface area contributed by atoms with Crippen LogP contribution in [0.4, 0.5) is 0 Å². The Labute approximate surface area is 333 Å². The molecular formula is C49H27N5OS2. The van der Waals surface area contributed by atoms with Crippen molar-refractivity contribution in [2.24, 2.45) is 0 Å². The van der Waals surface area contributed by atoms with E-state index in [2.05, 4.69) is 97.1 Å². The second-order valence-electron chi connectivity index (χ2n) is 14.0. The lowest BCUT2D eigenvalue weighted by atomic mass is 10.1. The number of benzene rings is 7. The summed E-state index contributed by atoms with van der Waals surface area (Å²) in [7, 11) is 0. The molecule has 266 valence electrons. The maximum absolute atomic E-state index is 6.42. The smallest absolute Gasteiger partial charge is 0.167 e. The Kier molecular flexibility index (Phi) is 7.17. The Hall–Kier alpha value is -7.13. The van der Waals surface area contributed by atoms with Crippen molar-refractivity contribution in [2.75, 3.05) is 0 Å². The topological polar surface area (TPSA) is 77.6 Å². The first-order valence-electron chi connectivity index (χ1n) is 18.7. The normalized spacial score (nSPS) is 11.9. The molecule has 57 heavy (non-hydrogen) atoms. The number of thiophene rings is 2. The third-order valence-corrected chi connectivity index (χ3v) is 12.9. The average molecular weight is 766 g/mol. The number of nitrogens with zero attached hydrogens (tertiary/aromatic N) is 5. The van der Waals surface area contributed by atoms with Crippen molar-refractivity contribution in [1.29, 1.82) is 0 Å². The van der Waals surface area contributed by atoms with E-state index in [1.807, 2.05) is 66.7 Å². The summed E-state index contributed by atoms with van der Waals surface area (Å²) in [6, 6.07) is 56.3. The first-order chi connectivity index (χ1) is 28.2. The van der Waals surface area contributed by atoms with Gasteiger partial charge < -0.3 is 4.42 Å². The fourth-order valence-corrected chi connectivity index (χ4v) is 10.1. The number of fused-ring (bicyclic) bond motifs is 9. The minimum absolute atomic E-state index is 0.564. The molecule has 0 unspecified atom stereocenters. The van der Waals surface area contributed by atoms with Crippen LogP contribution < -0.4 is 0 Å². The van der Waals surface area contributed by atoms with Gasteiger partial charge in [-0.15, -0.1) is 22.7 Å². The number of aromatic nitrogens is 5. The molecule has 12 aromatic rings. The molecule has 8 heteroatoms. The summed E-state index contributed by atoms with van der Waals surface area (Å²) in [6.07, 6.45) is 0. The molecule has 0 aliphatic rings. The molecule has 12 rings (SSSR count). The van der Waals surface area contributed by atoms with E-state index in [1.54, 1.807) is 22.7 Å². The summed E-state index contributed by atoms with van der Waals surface area (Å²) in [5.41, 5.74) is 8.26. The predicted octanol–water partition coefficient (Wildman–Crippen LogP) is 13.6. The molecule has 0 amide bonds. The van der Waals surface area contributed by atoms with Crippen molar-refractivity contribution < 1.29 is 4.42 Å². The molecule has 0 atom stereocenters. The maximum atomic E-state index is 6.42. The number of para-hydroxylation sites is 2. The van der Waals surface area contributed by atoms with E-state index in [0.717, 1.165) is 92.3 Å². The van der Waals surface area contributed by atoms with Gasteiger partial charge in [0.1, 0.15) is 11.2 Å². The van der Waals surface area contributed by atoms with Gasteiger partial charge in [0, 0.05) is 63.3 Å². The Morgan fingerprint density at radius 1 is 0.368 bits per heavy atom. The van der Waals surface area contributed by atoms with Crippen molar-refractivity contribution in [3.8, 4) is 56.8 Å². The number of hydrogen-bond donors (Lipinski definition) is 0. The summed E-state index contributed by atoms with van der Waals surface area (Å²) >= 11 is 3.52. The highest BCUT2D eigenvalue weighted by molar-refractivity contribution is 7.26. The van der Waals surface area contributed by atoms with Gasteiger partial charge in [-0.25, -0.2) is 24.9 Å². The third kappa shape index (κ3) is 5.26. The van der Waals surface area contributed by atoms with Gasteiger partial charge >= 0.3 is 0 Å². The third-order valence-electron chi connectivity index (χ3n) is 10.6. The molecule has 0 spiro atoms. The van der Waals surface area contributed by atoms with Gasteiger partial charge in [0.05, 0.1) is 21.5 Å². The van der Waals surface area contributed by atoms with Gasteiger partial charge in [-0.3, -0.25) is 0 Å². The van der Waals surface area contributed by atoms with E-state index < -0.39 is 0 Å². The Morgan fingerprint density at radius 2 is 1.02 bits per heavy atom. The number of furan rings is 1. The molecule has 5 heterocycles. The fraction of sp³-hybridized carbons (Fsp3) is 0. The minimum Gasteiger partial charge on any atom is -0.455 e. The first kappa shape index (κ1) is 32.1. The van der Waals surface area contributed by atoms with Crippen LogP contribution in [0.5, 0.6) is 0 Å². The molecule has 0 saturated heterocycles. The molecule has 6 nitrogen and oxygen atoms in total. The molecule has 7 aromatic carbocycles. The first-order valence-corrected chi connectivity index (χ1v) is 20.3. The Balaban J connectivity index is 1.00. The molecule has 5 aromatic heterocycles. The standard InChI is InChI=1S/C49H27N5OS2/c1-3-12-28(13-4-1)42-45-43(35-17-8-10-21-39(35)57-45)51-47(50-42)31-22-24-33-37-26-30(23-25-40(37)56-41(33)27-31)48-52-46(29-14-5-2-6-15-29)53-49(54-48)36-19-11-18-34-32-16-7-9-20-38(32)55-44(34)36/h1-27H. The van der Waals surface area contributed by atoms with Crippen molar-refractivity contribution in [2.45, 2.75) is 0 Å². The Bertz CT molecular complexity index is 3540. The Morgan fingerprint density at radius 3 is 1.88 bits per heavy atom. The van der Waals surface area contributed by atoms with Crippen molar-refractivity contribution in [3.63, 3.8) is 0 Å². The molecule has 0 aliphatic carbocycles. The van der Waals surface area contributed by atoms with Crippen LogP contribution in [0, 0.1) is 0 Å². The predicted molar refractivity (Wildman–Crippen MR) is 236 cm³/mol. The van der Waals surface area contributed by atoms with Gasteiger partial charge in [0.25, 0.3) is 0 Å². The fourth-order valence-electron chi connectivity index (χ4n) is 7.83. The van der Waals surface area contributed by atoms with Crippen LogP contribution in [-0.4, -0.2) is 24.9 Å². The van der Waals surface area contributed by atoms with E-state index in [4.69, 9.17) is 29.3 Å². The minimum atomic E-state index is 0.564. The van der Waals surface area contributed by atoms with Gasteiger partial charge in [0.2, 0.25) is 0 Å². The van der Waals surface area contributed by atoms with E-state index in [-0.39, 0.29) is 0 Å². The summed E-state index contributed by atoms with van der Waals surface area (Å²) in [5.74, 6) is 2.49. The number of hydrogen-bond acceptors (Lipinski definition) is 8. The molecule has 0 fully saturated rings. The molecule has 0 N–H and O–H groups in total. The van der Waals surface area contributed by atoms with E-state index in [1.165, 1.54) is 9.40 Å². The molecule has 0 aliphatic heterocycles. The molecule has 0 radical (unpaired) electrons. The largest absolute Gasteiger partial charge is 0.455 e. The van der Waals surface area contributed by atoms with Gasteiger partial charge in [-0.2, -0.15) is 0 Å². The lowest BCUT2D eigenvalue weighted by molar-refractivity contribution is 0.669. The second kappa shape index (κ2) is 12.7. The van der Waals surface area contributed by atoms with E-state index in [9.17, 15) is 0 Å². The zero-order valence-corrected chi connectivity index (χ0v) is 31.7. The zero-order chi connectivity index (χ0) is 37.5. The molecule has 0 saturated carbocycles. The lowest BCUT2D eigenvalue weighted by Gasteiger charge is -2.09. The highest BCUT2D eigenvalue weighted by Crippen LogP contribution is 2.42. The van der Waals surface area contributed by atoms with Crippen LogP contribution in [0.25, 0.3) is 119 Å². The van der Waals surface area contributed by atoms with E-state index in [0.29, 0.717) is 17.5 Å². The van der Waals surface area contributed by atoms with Crippen molar-refractivity contribution >= 4 is 85.1 Å². The van der Waals surface area contributed by atoms with Crippen LogP contribution in [-0.2, 0) is 0 Å². The second-order valence-corrected chi connectivity index (χ2v) is 16.2. The highest BCUT2D eigenvalue weighted by atomic mass is 32.1. The summed E-state index contributed by atoms with van der Waals surface area (Å²) in [5, 5.41) is 5.55. The quantitative estimate of drug-likeness (QED) is 0.174. The zero-order valence-electron chi connectivity index (χ0n) is 30.0. The van der Waals surface area contributed by atoms with Gasteiger partial charge in [-0.05, 0) is 42.5 Å². The van der Waals surface area contributed by atoms with Crippen LogP contribution in [0.15, 0.2) is 168 Å². The van der Waals surface area contributed by atoms with Crippen molar-refractivity contribution in [1.82, 2.24) is 24.9 Å².